The first-order valence-electron chi connectivity index (χ1n) is 13.5. The number of nitrogens with zero attached hydrogens (tertiary/aromatic N) is 2. The topological polar surface area (TPSA) is 45.5 Å². The molecule has 2 aliphatic rings. The third-order valence-electron chi connectivity index (χ3n) is 8.01. The number of hydrogen-bond acceptors (Lipinski definition) is 4. The van der Waals surface area contributed by atoms with Gasteiger partial charge in [0.1, 0.15) is 12.2 Å². The second-order valence-corrected chi connectivity index (χ2v) is 16.7. The average molecular weight is 559 g/mol. The molecule has 0 radical (unpaired) electrons. The van der Waals surface area contributed by atoms with E-state index in [9.17, 15) is 0 Å². The molecule has 4 aromatic rings. The van der Waals surface area contributed by atoms with Crippen LogP contribution in [0.5, 0.6) is 0 Å². The van der Waals surface area contributed by atoms with Gasteiger partial charge >= 0.3 is 0 Å². The number of pyridine rings is 1. The molecule has 6 rings (SSSR count). The zero-order chi connectivity index (χ0) is 27.4. The average Bonchev–Trinajstić information content (AvgIpc) is 3.56. The van der Waals surface area contributed by atoms with Gasteiger partial charge in [-0.05, 0) is 40.9 Å². The third-order valence-corrected chi connectivity index (χ3v) is 13.3. The second-order valence-electron chi connectivity index (χ2n) is 12.0. The Morgan fingerprint density at radius 2 is 1.59 bits per heavy atom. The Morgan fingerprint density at radius 3 is 2.21 bits per heavy atom. The van der Waals surface area contributed by atoms with Crippen LogP contribution in [0.3, 0.4) is 0 Å². The van der Waals surface area contributed by atoms with E-state index in [1.54, 1.807) is 6.20 Å². The SMILES string of the molecule is CC1(C)O[C@@H]2[C@H](O1)C(CO[Si](c1ccccc1)(c1ccccc1)C(C)(C)C)=C[C@H]2n1ccc2c(Cl)cncc21. The van der Waals surface area contributed by atoms with E-state index in [1.165, 1.54) is 10.4 Å². The Morgan fingerprint density at radius 1 is 0.949 bits per heavy atom. The number of benzene rings is 2. The lowest BCUT2D eigenvalue weighted by Gasteiger charge is -2.43. The maximum atomic E-state index is 7.29. The van der Waals surface area contributed by atoms with Crippen LogP contribution in [0.4, 0.5) is 0 Å². The summed E-state index contributed by atoms with van der Waals surface area (Å²) in [5, 5.41) is 4.03. The molecule has 1 saturated heterocycles. The first-order valence-corrected chi connectivity index (χ1v) is 15.8. The molecule has 2 aromatic heterocycles. The van der Waals surface area contributed by atoms with Crippen LogP contribution in [0.1, 0.15) is 40.7 Å². The Labute approximate surface area is 236 Å². The number of fused-ring (bicyclic) bond motifs is 2. The predicted octanol–water partition coefficient (Wildman–Crippen LogP) is 6.27. The van der Waals surface area contributed by atoms with Crippen molar-refractivity contribution < 1.29 is 13.9 Å². The van der Waals surface area contributed by atoms with Crippen molar-refractivity contribution in [2.45, 2.75) is 63.7 Å². The van der Waals surface area contributed by atoms with Gasteiger partial charge in [-0.1, -0.05) is 99.1 Å². The quantitative estimate of drug-likeness (QED) is 0.207. The largest absolute Gasteiger partial charge is 0.403 e. The van der Waals surface area contributed by atoms with Gasteiger partial charge in [0, 0.05) is 17.8 Å². The molecule has 7 heteroatoms. The highest BCUT2D eigenvalue weighted by molar-refractivity contribution is 6.99. The molecular formula is C32H35ClN2O3Si. The predicted molar refractivity (Wildman–Crippen MR) is 159 cm³/mol. The lowest BCUT2D eigenvalue weighted by atomic mass is 10.1. The number of halogens is 1. The van der Waals surface area contributed by atoms with E-state index in [4.69, 9.17) is 25.5 Å². The van der Waals surface area contributed by atoms with Gasteiger partial charge in [-0.15, -0.1) is 0 Å². The van der Waals surface area contributed by atoms with Crippen molar-refractivity contribution >= 4 is 41.2 Å². The summed E-state index contributed by atoms with van der Waals surface area (Å²) in [4.78, 5) is 4.35. The monoisotopic (exact) mass is 558 g/mol. The molecule has 39 heavy (non-hydrogen) atoms. The number of rotatable bonds is 6. The molecule has 5 nitrogen and oxygen atoms in total. The Hall–Kier alpha value is -2.74. The molecule has 2 aromatic carbocycles. The van der Waals surface area contributed by atoms with Crippen molar-refractivity contribution in [3.63, 3.8) is 0 Å². The lowest BCUT2D eigenvalue weighted by Crippen LogP contribution is -2.66. The summed E-state index contributed by atoms with van der Waals surface area (Å²) in [6.07, 6.45) is 7.50. The summed E-state index contributed by atoms with van der Waals surface area (Å²) in [5.74, 6) is -0.691. The van der Waals surface area contributed by atoms with Gasteiger partial charge in [-0.3, -0.25) is 4.98 Å². The summed E-state index contributed by atoms with van der Waals surface area (Å²) in [5.41, 5.74) is 2.09. The minimum Gasteiger partial charge on any atom is -0.403 e. The lowest BCUT2D eigenvalue weighted by molar-refractivity contribution is -0.148. The Bertz CT molecular complexity index is 1470. The summed E-state index contributed by atoms with van der Waals surface area (Å²) >= 11 is 6.46. The minimum absolute atomic E-state index is 0.0627. The molecule has 0 amide bonds. The van der Waals surface area contributed by atoms with Crippen molar-refractivity contribution in [1.82, 2.24) is 9.55 Å². The van der Waals surface area contributed by atoms with Crippen molar-refractivity contribution in [2.24, 2.45) is 0 Å². The van der Waals surface area contributed by atoms with Gasteiger partial charge in [0.2, 0.25) is 0 Å². The van der Waals surface area contributed by atoms with E-state index in [0.29, 0.717) is 11.6 Å². The maximum Gasteiger partial charge on any atom is 0.261 e. The van der Waals surface area contributed by atoms with E-state index in [2.05, 4.69) is 103 Å². The number of hydrogen-bond donors (Lipinski definition) is 0. The molecule has 202 valence electrons. The van der Waals surface area contributed by atoms with E-state index in [0.717, 1.165) is 16.5 Å². The molecule has 1 fully saturated rings. The van der Waals surface area contributed by atoms with Crippen LogP contribution < -0.4 is 10.4 Å². The van der Waals surface area contributed by atoms with Crippen LogP contribution in [-0.4, -0.2) is 42.5 Å². The Kier molecular flexibility index (Phi) is 6.60. The number of aromatic nitrogens is 2. The first kappa shape index (κ1) is 26.5. The molecule has 1 aliphatic carbocycles. The molecule has 0 unspecified atom stereocenters. The van der Waals surface area contributed by atoms with Crippen LogP contribution in [0.2, 0.25) is 10.1 Å². The van der Waals surface area contributed by atoms with Crippen LogP contribution in [0.15, 0.2) is 97.0 Å². The van der Waals surface area contributed by atoms with E-state index >= 15 is 0 Å². The van der Waals surface area contributed by atoms with Crippen LogP contribution in [-0.2, 0) is 13.9 Å². The molecule has 0 spiro atoms. The fraction of sp³-hybridized carbons (Fsp3) is 0.344. The fourth-order valence-corrected chi connectivity index (χ4v) is 11.1. The van der Waals surface area contributed by atoms with Gasteiger partial charge in [-0.25, -0.2) is 0 Å². The third kappa shape index (κ3) is 4.48. The van der Waals surface area contributed by atoms with Gasteiger partial charge in [-0.2, -0.15) is 0 Å². The van der Waals surface area contributed by atoms with Crippen molar-refractivity contribution in [2.75, 3.05) is 6.61 Å². The second kappa shape index (κ2) is 9.72. The van der Waals surface area contributed by atoms with Crippen LogP contribution >= 0.6 is 11.6 Å². The highest BCUT2D eigenvalue weighted by Crippen LogP contribution is 2.45. The van der Waals surface area contributed by atoms with E-state index in [-0.39, 0.29) is 23.3 Å². The Balaban J connectivity index is 1.42. The summed E-state index contributed by atoms with van der Waals surface area (Å²) in [6.45, 7) is 11.3. The molecule has 0 saturated carbocycles. The smallest absolute Gasteiger partial charge is 0.261 e. The minimum atomic E-state index is -2.71. The first-order chi connectivity index (χ1) is 18.6. The molecule has 0 N–H and O–H groups in total. The zero-order valence-corrected chi connectivity index (χ0v) is 24.9. The van der Waals surface area contributed by atoms with Crippen molar-refractivity contribution in [3.05, 3.63) is 102 Å². The molecular weight excluding hydrogens is 524 g/mol. The maximum absolute atomic E-state index is 7.29. The van der Waals surface area contributed by atoms with E-state index in [1.807, 2.05) is 26.1 Å². The highest BCUT2D eigenvalue weighted by atomic mass is 35.5. The zero-order valence-electron chi connectivity index (χ0n) is 23.1. The van der Waals surface area contributed by atoms with Gasteiger partial charge in [0.25, 0.3) is 8.32 Å². The van der Waals surface area contributed by atoms with Crippen LogP contribution in [0, 0.1) is 0 Å². The normalized spacial score (nSPS) is 22.7. The van der Waals surface area contributed by atoms with Crippen LogP contribution in [0.25, 0.3) is 10.9 Å². The molecule has 3 heterocycles. The molecule has 0 bridgehead atoms. The van der Waals surface area contributed by atoms with Gasteiger partial charge in [0.15, 0.2) is 5.79 Å². The standard InChI is InChI=1S/C32H35ClN2O3Si/c1-31(2,3)39(23-12-8-6-9-13-23,24-14-10-7-11-15-24)36-21-22-18-27(30-29(22)37-32(4,5)38-30)35-17-16-25-26(33)19-34-20-28(25)35/h6-20,27,29-30H,21H2,1-5H3/t27-,29-,30+/m1/s1. The molecule has 1 aliphatic heterocycles. The van der Waals surface area contributed by atoms with Gasteiger partial charge in [0.05, 0.1) is 29.4 Å². The van der Waals surface area contributed by atoms with E-state index < -0.39 is 14.1 Å². The fourth-order valence-electron chi connectivity index (χ4n) is 6.36. The van der Waals surface area contributed by atoms with Crippen molar-refractivity contribution in [3.8, 4) is 0 Å². The van der Waals surface area contributed by atoms with Crippen molar-refractivity contribution in [1.29, 1.82) is 0 Å². The number of ether oxygens (including phenoxy) is 2. The van der Waals surface area contributed by atoms with Gasteiger partial charge < -0.3 is 18.5 Å². The summed E-state index contributed by atoms with van der Waals surface area (Å²) in [6, 6.07) is 23.5. The summed E-state index contributed by atoms with van der Waals surface area (Å²) < 4.78 is 22.5. The molecule has 3 atom stereocenters. The highest BCUT2D eigenvalue weighted by Gasteiger charge is 2.53. The summed E-state index contributed by atoms with van der Waals surface area (Å²) in [7, 11) is -2.71.